The van der Waals surface area contributed by atoms with Crippen molar-refractivity contribution in [2.75, 3.05) is 12.3 Å². The van der Waals surface area contributed by atoms with Crippen LogP contribution in [0.25, 0.3) is 0 Å². The van der Waals surface area contributed by atoms with Crippen molar-refractivity contribution in [3.8, 4) is 0 Å². The Kier molecular flexibility index (Phi) is 4.54. The van der Waals surface area contributed by atoms with Crippen LogP contribution < -0.4 is 0 Å². The molecule has 1 aliphatic rings. The van der Waals surface area contributed by atoms with Gasteiger partial charge < -0.3 is 4.90 Å². The zero-order valence-electron chi connectivity index (χ0n) is 12.3. The molecule has 1 aromatic heterocycles. The lowest BCUT2D eigenvalue weighted by Gasteiger charge is -2.26. The number of carbonyl (C=O) groups is 1. The largest absolute Gasteiger partial charge is 0.337 e. The molecule has 23 heavy (non-hydrogen) atoms. The highest BCUT2D eigenvalue weighted by atomic mass is 79.9. The minimum Gasteiger partial charge on any atom is -0.337 e. The van der Waals surface area contributed by atoms with Crippen molar-refractivity contribution in [3.63, 3.8) is 0 Å². The van der Waals surface area contributed by atoms with Crippen LogP contribution in [0.5, 0.6) is 0 Å². The maximum Gasteiger partial charge on any atom is 0.238 e. The normalized spacial score (nSPS) is 14.6. The second-order valence-corrected chi connectivity index (χ2v) is 8.58. The number of nitrogens with one attached hydrogen (secondary N) is 1. The number of nitrogens with zero attached hydrogens (tertiary/aromatic N) is 2. The highest BCUT2D eigenvalue weighted by molar-refractivity contribution is 9.10. The molecule has 8 heteroatoms. The zero-order chi connectivity index (χ0) is 16.4. The predicted octanol–water partition coefficient (Wildman–Crippen LogP) is 1.67. The van der Waals surface area contributed by atoms with E-state index in [1.807, 2.05) is 6.07 Å². The summed E-state index contributed by atoms with van der Waals surface area (Å²) in [5, 5.41) is 6.84. The maximum atomic E-state index is 12.3. The Morgan fingerprint density at radius 1 is 1.39 bits per heavy atom. The lowest BCUT2D eigenvalue weighted by atomic mass is 10.1. The van der Waals surface area contributed by atoms with Gasteiger partial charge in [-0.2, -0.15) is 5.10 Å². The fourth-order valence-electron chi connectivity index (χ4n) is 2.65. The third-order valence-corrected chi connectivity index (χ3v) is 5.73. The molecule has 2 heterocycles. The van der Waals surface area contributed by atoms with Crippen LogP contribution in [0.15, 0.2) is 34.9 Å². The average Bonchev–Trinajstić information content (AvgIpc) is 2.93. The molecule has 0 spiro atoms. The highest BCUT2D eigenvalue weighted by Crippen LogP contribution is 2.18. The number of benzene rings is 1. The summed E-state index contributed by atoms with van der Waals surface area (Å²) in [6.45, 7) is 0.928. The lowest BCUT2D eigenvalue weighted by molar-refractivity contribution is -0.129. The molecule has 1 aromatic carbocycles. The van der Waals surface area contributed by atoms with Gasteiger partial charge >= 0.3 is 0 Å². The van der Waals surface area contributed by atoms with Crippen LogP contribution in [-0.2, 0) is 33.4 Å². The van der Waals surface area contributed by atoms with E-state index in [2.05, 4.69) is 26.1 Å². The van der Waals surface area contributed by atoms with Gasteiger partial charge in [-0.05, 0) is 17.7 Å². The Morgan fingerprint density at radius 2 is 2.22 bits per heavy atom. The second-order valence-electron chi connectivity index (χ2n) is 5.60. The van der Waals surface area contributed by atoms with Crippen molar-refractivity contribution in [1.82, 2.24) is 15.1 Å². The van der Waals surface area contributed by atoms with Crippen molar-refractivity contribution in [2.45, 2.75) is 18.7 Å². The van der Waals surface area contributed by atoms with E-state index in [1.165, 1.54) is 0 Å². The molecule has 0 bridgehead atoms. The van der Waals surface area contributed by atoms with Gasteiger partial charge in [-0.3, -0.25) is 9.89 Å². The molecule has 2 aromatic rings. The molecule has 1 aliphatic heterocycles. The van der Waals surface area contributed by atoms with Crippen LogP contribution in [0, 0.1) is 0 Å². The van der Waals surface area contributed by atoms with Crippen LogP contribution in [-0.4, -0.2) is 41.7 Å². The van der Waals surface area contributed by atoms with Crippen molar-refractivity contribution in [1.29, 1.82) is 0 Å². The first kappa shape index (κ1) is 16.2. The Bertz CT molecular complexity index is 832. The Morgan fingerprint density at radius 3 is 3.00 bits per heavy atom. The molecule has 0 atom stereocenters. The number of carbonyl (C=O) groups excluding carboxylic acids is 1. The first-order chi connectivity index (χ1) is 10.9. The number of aromatic amines is 1. The quantitative estimate of drug-likeness (QED) is 0.850. The van der Waals surface area contributed by atoms with Gasteiger partial charge in [0.1, 0.15) is 5.75 Å². The van der Waals surface area contributed by atoms with Crippen LogP contribution in [0.1, 0.15) is 16.8 Å². The number of fused-ring (bicyclic) bond motifs is 1. The van der Waals surface area contributed by atoms with E-state index in [9.17, 15) is 13.2 Å². The van der Waals surface area contributed by atoms with E-state index in [1.54, 1.807) is 29.3 Å². The van der Waals surface area contributed by atoms with E-state index in [0.29, 0.717) is 25.1 Å². The molecule has 122 valence electrons. The zero-order valence-corrected chi connectivity index (χ0v) is 14.7. The number of H-pyrrole nitrogens is 1. The monoisotopic (exact) mass is 397 g/mol. The Hall–Kier alpha value is -1.67. The Balaban J connectivity index is 1.65. The standard InChI is InChI=1S/C15H16BrN3O3S/c16-13-3-1-2-11(6-13)9-23(21,22)10-15(20)19-5-4-14-12(8-19)7-17-18-14/h1-3,6-7H,4-5,8-10H2,(H,17,18). The molecule has 0 unspecified atom stereocenters. The van der Waals surface area contributed by atoms with Crippen molar-refractivity contribution in [3.05, 3.63) is 51.8 Å². The predicted molar refractivity (Wildman–Crippen MR) is 89.3 cm³/mol. The van der Waals surface area contributed by atoms with Gasteiger partial charge in [-0.15, -0.1) is 0 Å². The van der Waals surface area contributed by atoms with Gasteiger partial charge in [0.15, 0.2) is 9.84 Å². The summed E-state index contributed by atoms with van der Waals surface area (Å²) in [6.07, 6.45) is 2.36. The molecule has 1 N–H and O–H groups in total. The number of rotatable bonds is 4. The van der Waals surface area contributed by atoms with Gasteiger partial charge in [0.05, 0.1) is 11.9 Å². The number of halogens is 1. The first-order valence-corrected chi connectivity index (χ1v) is 9.78. The van der Waals surface area contributed by atoms with E-state index in [0.717, 1.165) is 15.7 Å². The molecule has 0 saturated carbocycles. The summed E-state index contributed by atoms with van der Waals surface area (Å²) in [6, 6.07) is 7.10. The van der Waals surface area contributed by atoms with Gasteiger partial charge in [0.25, 0.3) is 0 Å². The van der Waals surface area contributed by atoms with E-state index in [-0.39, 0.29) is 11.7 Å². The molecule has 3 rings (SSSR count). The van der Waals surface area contributed by atoms with E-state index < -0.39 is 15.6 Å². The molecule has 0 saturated heterocycles. The van der Waals surface area contributed by atoms with Gasteiger partial charge in [-0.1, -0.05) is 28.1 Å². The van der Waals surface area contributed by atoms with Gasteiger partial charge in [0.2, 0.25) is 5.91 Å². The first-order valence-electron chi connectivity index (χ1n) is 7.17. The summed E-state index contributed by atoms with van der Waals surface area (Å²) in [5.74, 6) is -0.956. The molecular formula is C15H16BrN3O3S. The molecule has 0 fully saturated rings. The van der Waals surface area contributed by atoms with Crippen LogP contribution in [0.2, 0.25) is 0 Å². The van der Waals surface area contributed by atoms with Crippen molar-refractivity contribution >= 4 is 31.7 Å². The van der Waals surface area contributed by atoms with Crippen LogP contribution >= 0.6 is 15.9 Å². The average molecular weight is 398 g/mol. The van der Waals surface area contributed by atoms with Crippen molar-refractivity contribution in [2.24, 2.45) is 0 Å². The van der Waals surface area contributed by atoms with Gasteiger partial charge in [0, 0.05) is 35.2 Å². The fraction of sp³-hybridized carbons (Fsp3) is 0.333. The fourth-order valence-corrected chi connectivity index (χ4v) is 4.44. The second kappa shape index (κ2) is 6.45. The number of amides is 1. The molecule has 1 amide bonds. The smallest absolute Gasteiger partial charge is 0.238 e. The highest BCUT2D eigenvalue weighted by Gasteiger charge is 2.26. The Labute approximate surface area is 142 Å². The molecule has 0 radical (unpaired) electrons. The van der Waals surface area contributed by atoms with Crippen molar-refractivity contribution < 1.29 is 13.2 Å². The lowest BCUT2D eigenvalue weighted by Crippen LogP contribution is -2.39. The summed E-state index contributed by atoms with van der Waals surface area (Å²) in [4.78, 5) is 13.9. The summed E-state index contributed by atoms with van der Waals surface area (Å²) in [5.41, 5.74) is 2.64. The van der Waals surface area contributed by atoms with Crippen LogP contribution in [0.3, 0.4) is 0 Å². The number of hydrogen-bond donors (Lipinski definition) is 1. The number of aromatic nitrogens is 2. The molecule has 6 nitrogen and oxygen atoms in total. The maximum absolute atomic E-state index is 12.3. The summed E-state index contributed by atoms with van der Waals surface area (Å²) in [7, 11) is -3.50. The molecular weight excluding hydrogens is 382 g/mol. The number of sulfone groups is 1. The summed E-state index contributed by atoms with van der Waals surface area (Å²) < 4.78 is 25.4. The van der Waals surface area contributed by atoms with Gasteiger partial charge in [-0.25, -0.2) is 8.42 Å². The molecule has 0 aliphatic carbocycles. The SMILES string of the molecule is O=C(CS(=O)(=O)Cc1cccc(Br)c1)N1CCc2[nH]ncc2C1. The summed E-state index contributed by atoms with van der Waals surface area (Å²) >= 11 is 3.32. The minimum atomic E-state index is -3.50. The minimum absolute atomic E-state index is 0.136. The third kappa shape index (κ3) is 4.00. The van der Waals surface area contributed by atoms with Crippen LogP contribution in [0.4, 0.5) is 0 Å². The third-order valence-electron chi connectivity index (χ3n) is 3.77. The van der Waals surface area contributed by atoms with E-state index in [4.69, 9.17) is 0 Å². The van der Waals surface area contributed by atoms with E-state index >= 15 is 0 Å². The number of hydrogen-bond acceptors (Lipinski definition) is 4. The topological polar surface area (TPSA) is 83.1 Å².